The second kappa shape index (κ2) is 10.6. The Bertz CT molecular complexity index is 1650. The van der Waals surface area contributed by atoms with Gasteiger partial charge in [0.2, 0.25) is 0 Å². The highest BCUT2D eigenvalue weighted by Crippen LogP contribution is 2.49. The monoisotopic (exact) mass is 492 g/mol. The number of hydrogen-bond donors (Lipinski definition) is 0. The highest BCUT2D eigenvalue weighted by molar-refractivity contribution is 6.12. The van der Waals surface area contributed by atoms with E-state index in [0.717, 1.165) is 45.5 Å². The number of hydrogen-bond acceptors (Lipinski definition) is 6. The van der Waals surface area contributed by atoms with Gasteiger partial charge in [-0.2, -0.15) is 21.0 Å². The summed E-state index contributed by atoms with van der Waals surface area (Å²) in [5.74, 6) is 1.09. The zero-order valence-electron chi connectivity index (χ0n) is 20.4. The molecular formula is C32H20N4O2. The summed E-state index contributed by atoms with van der Waals surface area (Å²) in [7, 11) is 0. The van der Waals surface area contributed by atoms with E-state index in [1.165, 1.54) is 0 Å². The van der Waals surface area contributed by atoms with Gasteiger partial charge in [0.15, 0.2) is 0 Å². The lowest BCUT2D eigenvalue weighted by Crippen LogP contribution is -2.09. The molecule has 0 aliphatic carbocycles. The van der Waals surface area contributed by atoms with Gasteiger partial charge in [-0.15, -0.1) is 0 Å². The van der Waals surface area contributed by atoms with E-state index in [4.69, 9.17) is 9.47 Å². The zero-order chi connectivity index (χ0) is 26.5. The Kier molecular flexibility index (Phi) is 6.73. The standard InChI is InChI=1S/C32H20N4O2/c33-17-21(18-34)13-25-15-23-7-1-3-9-27(23)29-30-28-10-4-2-8-24(28)16-26(14-22(19-35)20-36)32(30)38-12-6-5-11-37-31(25)29/h1-4,7-10,13-16H,5-6,11-12H2. The Morgan fingerprint density at radius 2 is 1.00 bits per heavy atom. The van der Waals surface area contributed by atoms with Crippen LogP contribution in [-0.2, 0) is 0 Å². The first-order valence-corrected chi connectivity index (χ1v) is 12.1. The van der Waals surface area contributed by atoms with Crippen LogP contribution in [0.25, 0.3) is 44.8 Å². The number of nitrogens with zero attached hydrogens (tertiary/aromatic N) is 4. The van der Waals surface area contributed by atoms with Crippen LogP contribution < -0.4 is 9.47 Å². The van der Waals surface area contributed by atoms with Crippen molar-refractivity contribution in [3.8, 4) is 46.9 Å². The molecule has 0 amide bonds. The van der Waals surface area contributed by atoms with E-state index in [1.54, 1.807) is 12.2 Å². The van der Waals surface area contributed by atoms with Crippen LogP contribution in [0.3, 0.4) is 0 Å². The molecule has 180 valence electrons. The molecule has 6 nitrogen and oxygen atoms in total. The van der Waals surface area contributed by atoms with E-state index in [1.807, 2.05) is 84.9 Å². The molecule has 0 unspecified atom stereocenters. The Labute approximate surface area is 220 Å². The molecule has 0 spiro atoms. The number of ether oxygens (including phenoxy) is 2. The van der Waals surface area contributed by atoms with Crippen molar-refractivity contribution < 1.29 is 9.47 Å². The number of fused-ring (bicyclic) bond motifs is 7. The van der Waals surface area contributed by atoms with Crippen LogP contribution in [0.1, 0.15) is 24.0 Å². The Morgan fingerprint density at radius 1 is 0.605 bits per heavy atom. The van der Waals surface area contributed by atoms with Crippen LogP contribution in [0, 0.1) is 45.3 Å². The molecule has 0 aromatic heterocycles. The predicted octanol–water partition coefficient (Wildman–Crippen LogP) is 7.07. The minimum Gasteiger partial charge on any atom is -0.492 e. The summed E-state index contributed by atoms with van der Waals surface area (Å²) >= 11 is 0. The fourth-order valence-electron chi connectivity index (χ4n) is 4.77. The molecule has 6 heteroatoms. The van der Waals surface area contributed by atoms with Crippen LogP contribution >= 0.6 is 0 Å². The van der Waals surface area contributed by atoms with Gasteiger partial charge in [-0.05, 0) is 58.7 Å². The Morgan fingerprint density at radius 3 is 1.39 bits per heavy atom. The third-order valence-corrected chi connectivity index (χ3v) is 6.42. The first-order chi connectivity index (χ1) is 18.7. The Hall–Kier alpha value is -5.56. The highest BCUT2D eigenvalue weighted by Gasteiger charge is 2.24. The molecule has 4 aromatic carbocycles. The van der Waals surface area contributed by atoms with Gasteiger partial charge < -0.3 is 9.47 Å². The third-order valence-electron chi connectivity index (χ3n) is 6.42. The summed E-state index contributed by atoms with van der Waals surface area (Å²) in [5, 5.41) is 41.6. The van der Waals surface area contributed by atoms with Gasteiger partial charge >= 0.3 is 0 Å². The van der Waals surface area contributed by atoms with Crippen molar-refractivity contribution in [1.29, 1.82) is 21.0 Å². The van der Waals surface area contributed by atoms with E-state index in [-0.39, 0.29) is 11.1 Å². The van der Waals surface area contributed by atoms with Crippen molar-refractivity contribution in [2.24, 2.45) is 0 Å². The summed E-state index contributed by atoms with van der Waals surface area (Å²) in [6.45, 7) is 0.869. The van der Waals surface area contributed by atoms with Crippen LogP contribution in [0.15, 0.2) is 71.8 Å². The highest BCUT2D eigenvalue weighted by atomic mass is 16.5. The van der Waals surface area contributed by atoms with Gasteiger partial charge in [0, 0.05) is 22.3 Å². The van der Waals surface area contributed by atoms with Crippen molar-refractivity contribution in [1.82, 2.24) is 0 Å². The van der Waals surface area contributed by atoms with Crippen molar-refractivity contribution in [3.05, 3.63) is 82.9 Å². The van der Waals surface area contributed by atoms with Crippen LogP contribution in [-0.4, -0.2) is 13.2 Å². The molecule has 0 atom stereocenters. The third kappa shape index (κ3) is 4.40. The van der Waals surface area contributed by atoms with Gasteiger partial charge in [-0.3, -0.25) is 0 Å². The van der Waals surface area contributed by atoms with Gasteiger partial charge in [0.05, 0.1) is 13.2 Å². The van der Waals surface area contributed by atoms with E-state index in [9.17, 15) is 21.0 Å². The van der Waals surface area contributed by atoms with E-state index >= 15 is 0 Å². The first-order valence-electron chi connectivity index (χ1n) is 12.1. The average molecular weight is 493 g/mol. The van der Waals surface area contributed by atoms with Gasteiger partial charge in [0.25, 0.3) is 0 Å². The lowest BCUT2D eigenvalue weighted by Gasteiger charge is -2.24. The molecule has 0 saturated heterocycles. The normalized spacial score (nSPS) is 12.1. The second-order valence-electron chi connectivity index (χ2n) is 8.75. The topological polar surface area (TPSA) is 114 Å². The van der Waals surface area contributed by atoms with Crippen molar-refractivity contribution in [3.63, 3.8) is 0 Å². The summed E-state index contributed by atoms with van der Waals surface area (Å²) in [4.78, 5) is 0. The van der Waals surface area contributed by atoms with Crippen LogP contribution in [0.5, 0.6) is 11.5 Å². The summed E-state index contributed by atoms with van der Waals surface area (Å²) in [6.07, 6.45) is 4.56. The first kappa shape index (κ1) is 24.1. The smallest absolute Gasteiger partial charge is 0.135 e. The van der Waals surface area contributed by atoms with Gasteiger partial charge in [-0.1, -0.05) is 48.5 Å². The van der Waals surface area contributed by atoms with Crippen LogP contribution in [0.2, 0.25) is 0 Å². The quantitative estimate of drug-likeness (QED) is 0.276. The molecule has 1 heterocycles. The summed E-state index contributed by atoms with van der Waals surface area (Å²) in [6, 6.07) is 27.3. The van der Waals surface area contributed by atoms with E-state index < -0.39 is 0 Å². The fraction of sp³-hybridized carbons (Fsp3) is 0.125. The molecule has 1 aliphatic heterocycles. The van der Waals surface area contributed by atoms with E-state index in [2.05, 4.69) is 0 Å². The molecule has 0 fully saturated rings. The predicted molar refractivity (Wildman–Crippen MR) is 146 cm³/mol. The maximum atomic E-state index is 9.49. The minimum absolute atomic E-state index is 0.0335. The molecule has 0 radical (unpaired) electrons. The lowest BCUT2D eigenvalue weighted by molar-refractivity contribution is 0.264. The second-order valence-corrected chi connectivity index (χ2v) is 8.75. The Balaban J connectivity index is 2.02. The van der Waals surface area contributed by atoms with E-state index in [0.29, 0.717) is 35.8 Å². The number of benzene rings is 4. The van der Waals surface area contributed by atoms with Gasteiger partial charge in [-0.25, -0.2) is 0 Å². The number of rotatable bonds is 2. The average Bonchev–Trinajstić information content (AvgIpc) is 2.96. The number of nitriles is 4. The van der Waals surface area contributed by atoms with Crippen LogP contribution in [0.4, 0.5) is 0 Å². The van der Waals surface area contributed by atoms with Crippen molar-refractivity contribution in [2.45, 2.75) is 12.8 Å². The molecule has 38 heavy (non-hydrogen) atoms. The fourth-order valence-corrected chi connectivity index (χ4v) is 4.77. The molecule has 0 N–H and O–H groups in total. The zero-order valence-corrected chi connectivity index (χ0v) is 20.4. The number of allylic oxidation sites excluding steroid dienone is 2. The lowest BCUT2D eigenvalue weighted by atomic mass is 9.88. The summed E-state index contributed by atoms with van der Waals surface area (Å²) < 4.78 is 12.8. The maximum absolute atomic E-state index is 9.49. The molecule has 0 saturated carbocycles. The largest absolute Gasteiger partial charge is 0.492 e. The molecule has 5 rings (SSSR count). The van der Waals surface area contributed by atoms with Crippen molar-refractivity contribution >= 4 is 33.7 Å². The SMILES string of the molecule is N#CC(C#N)=Cc1cc2ccccc2c2c1OCCCCOc1c(C=C(C#N)C#N)cc3ccccc3c1-2. The minimum atomic E-state index is -0.0335. The molecule has 1 aliphatic rings. The molecule has 0 bridgehead atoms. The molecule has 4 aromatic rings. The van der Waals surface area contributed by atoms with Gasteiger partial charge in [0.1, 0.15) is 46.9 Å². The van der Waals surface area contributed by atoms with Crippen molar-refractivity contribution in [2.75, 3.05) is 13.2 Å². The molecular weight excluding hydrogens is 472 g/mol. The maximum Gasteiger partial charge on any atom is 0.135 e. The summed E-state index contributed by atoms with van der Waals surface area (Å²) in [5.41, 5.74) is 2.70.